The van der Waals surface area contributed by atoms with Crippen LogP contribution < -0.4 is 35.6 Å². The molecule has 0 bridgehead atoms. The lowest BCUT2D eigenvalue weighted by molar-refractivity contribution is -0.761. The van der Waals surface area contributed by atoms with Crippen LogP contribution in [0.1, 0.15) is 6.23 Å². The van der Waals surface area contributed by atoms with Gasteiger partial charge in [0.1, 0.15) is 23.7 Å². The summed E-state index contributed by atoms with van der Waals surface area (Å²) >= 11 is 0. The molecule has 4 amide bonds. The predicted octanol–water partition coefficient (Wildman–Crippen LogP) is 7.79. The molecule has 21 heteroatoms. The second kappa shape index (κ2) is 19.1. The quantitative estimate of drug-likeness (QED) is 0.0579. The second-order valence-electron chi connectivity index (χ2n) is 17.2. The SMILES string of the molecule is O=C(Nc1ccc(-c2cc3c(N4CCOC([n+]5ccc(-c6cc(NC(=O)Nc7ccc(-c8nc9c(N%10CCOCC%10)nccc9[nH]8)cc7)n[nH]6)cc5)C4)nccc3[nH]2)cc1)Nc1cc(-c2ccncc2)[nH]n1. The Morgan fingerprint density at radius 1 is 0.583 bits per heavy atom. The van der Waals surface area contributed by atoms with Crippen LogP contribution in [0.5, 0.6) is 0 Å². The number of hydrogen-bond acceptors (Lipinski definition) is 12. The Morgan fingerprint density at radius 2 is 1.18 bits per heavy atom. The molecule has 10 aromatic rings. The van der Waals surface area contributed by atoms with Gasteiger partial charge in [0.15, 0.2) is 29.8 Å². The number of amides is 4. The number of carbonyl (C=O) groups excluding carboxylic acids is 2. The Morgan fingerprint density at radius 3 is 1.86 bits per heavy atom. The van der Waals surface area contributed by atoms with Crippen molar-refractivity contribution in [2.24, 2.45) is 0 Å². The summed E-state index contributed by atoms with van der Waals surface area (Å²) in [6.07, 6.45) is 10.7. The number of aromatic nitrogens is 11. The molecule has 2 aliphatic rings. The standard InChI is InChI=1S/C51H45N17O4/c69-50(59-43-28-41(62-64-43)32-9-15-52-16-10-32)55-35-5-1-31(2-6-35)40-27-37-38(57-40)11-17-53-48(37)68-23-26-72-45(30-68)66-19-13-33(14-20-66)42-29-44(65-63-42)60-51(70)56-36-7-3-34(4-8-36)47-58-39-12-18-54-49(46(39)61-47)67-21-24-71-25-22-67/h1-20,27-29,45H,21-26,30H2,(H7,52,53,54,55,56,57,58,59,60,61,62,63,64,65,69,70)/p+1. The first-order valence-corrected chi connectivity index (χ1v) is 23.3. The zero-order valence-corrected chi connectivity index (χ0v) is 38.5. The van der Waals surface area contributed by atoms with E-state index in [0.717, 1.165) is 86.0 Å². The van der Waals surface area contributed by atoms with Crippen LogP contribution >= 0.6 is 0 Å². The number of nitrogens with one attached hydrogen (secondary N) is 8. The largest absolute Gasteiger partial charge is 0.378 e. The lowest BCUT2D eigenvalue weighted by Crippen LogP contribution is -2.51. The van der Waals surface area contributed by atoms with Crippen LogP contribution in [0.4, 0.5) is 44.2 Å². The first kappa shape index (κ1) is 43.8. The maximum absolute atomic E-state index is 13.0. The average Bonchev–Trinajstić information content (AvgIpc) is 4.27. The van der Waals surface area contributed by atoms with Crippen molar-refractivity contribution >= 4 is 68.6 Å². The number of carbonyl (C=O) groups is 2. The van der Waals surface area contributed by atoms with Crippen LogP contribution in [0.25, 0.3) is 67.1 Å². The van der Waals surface area contributed by atoms with Crippen molar-refractivity contribution in [3.63, 3.8) is 0 Å². The number of aromatic amines is 4. The van der Waals surface area contributed by atoms with Gasteiger partial charge < -0.3 is 39.9 Å². The number of H-pyrrole nitrogens is 4. The van der Waals surface area contributed by atoms with E-state index >= 15 is 0 Å². The molecule has 1 unspecified atom stereocenters. The van der Waals surface area contributed by atoms with Gasteiger partial charge in [0, 0.05) is 108 Å². The summed E-state index contributed by atoms with van der Waals surface area (Å²) < 4.78 is 13.8. The van der Waals surface area contributed by atoms with E-state index in [2.05, 4.69) is 77.5 Å². The van der Waals surface area contributed by atoms with Crippen LogP contribution in [0.3, 0.4) is 0 Å². The highest BCUT2D eigenvalue weighted by Gasteiger charge is 2.30. The Labute approximate surface area is 410 Å². The van der Waals surface area contributed by atoms with E-state index in [0.29, 0.717) is 61.7 Å². The molecule has 0 saturated carbocycles. The van der Waals surface area contributed by atoms with Gasteiger partial charge in [-0.15, -0.1) is 0 Å². The molecule has 1 atom stereocenters. The number of rotatable bonds is 11. The minimum Gasteiger partial charge on any atom is -0.378 e. The smallest absolute Gasteiger partial charge is 0.324 e. The molecule has 2 fully saturated rings. The van der Waals surface area contributed by atoms with Gasteiger partial charge in [0.2, 0.25) is 0 Å². The Kier molecular flexibility index (Phi) is 11.6. The highest BCUT2D eigenvalue weighted by molar-refractivity contribution is 6.01. The zero-order valence-electron chi connectivity index (χ0n) is 38.5. The number of pyridine rings is 4. The lowest BCUT2D eigenvalue weighted by atomic mass is 10.1. The molecule has 12 rings (SSSR count). The topological polar surface area (TPSA) is 252 Å². The normalized spacial score (nSPS) is 14.9. The van der Waals surface area contributed by atoms with Gasteiger partial charge >= 0.3 is 12.1 Å². The third-order valence-corrected chi connectivity index (χ3v) is 12.6. The molecule has 2 aliphatic heterocycles. The number of fused-ring (bicyclic) bond motifs is 2. The molecule has 0 radical (unpaired) electrons. The van der Waals surface area contributed by atoms with E-state index < -0.39 is 12.1 Å². The van der Waals surface area contributed by atoms with Crippen molar-refractivity contribution in [2.75, 3.05) is 77.1 Å². The Bertz CT molecular complexity index is 3530. The van der Waals surface area contributed by atoms with Crippen LogP contribution in [0.2, 0.25) is 0 Å². The molecule has 358 valence electrons. The summed E-state index contributed by atoms with van der Waals surface area (Å²) in [5, 5.41) is 26.8. The third kappa shape index (κ3) is 9.22. The van der Waals surface area contributed by atoms with Crippen molar-refractivity contribution in [3.05, 3.63) is 140 Å². The summed E-state index contributed by atoms with van der Waals surface area (Å²) in [6.45, 7) is 4.62. The minimum absolute atomic E-state index is 0.266. The summed E-state index contributed by atoms with van der Waals surface area (Å²) in [5.41, 5.74) is 9.98. The molecule has 10 heterocycles. The summed E-state index contributed by atoms with van der Waals surface area (Å²) in [4.78, 5) is 55.6. The molecule has 0 aliphatic carbocycles. The lowest BCUT2D eigenvalue weighted by Gasteiger charge is -2.31. The van der Waals surface area contributed by atoms with Crippen molar-refractivity contribution in [1.29, 1.82) is 0 Å². The fourth-order valence-corrected chi connectivity index (χ4v) is 8.93. The van der Waals surface area contributed by atoms with Gasteiger partial charge in [0.05, 0.1) is 42.2 Å². The number of ether oxygens (including phenoxy) is 2. The average molecular weight is 961 g/mol. The van der Waals surface area contributed by atoms with E-state index in [1.165, 1.54) is 0 Å². The van der Waals surface area contributed by atoms with Crippen LogP contribution in [-0.2, 0) is 9.47 Å². The molecule has 2 aromatic carbocycles. The predicted molar refractivity (Wildman–Crippen MR) is 272 cm³/mol. The monoisotopic (exact) mass is 960 g/mol. The molecule has 72 heavy (non-hydrogen) atoms. The number of anilines is 6. The summed E-state index contributed by atoms with van der Waals surface area (Å²) in [6, 6.07) is 31.5. The highest BCUT2D eigenvalue weighted by Crippen LogP contribution is 2.33. The Hall–Kier alpha value is -9.47. The number of hydrogen-bond donors (Lipinski definition) is 8. The van der Waals surface area contributed by atoms with E-state index in [9.17, 15) is 9.59 Å². The summed E-state index contributed by atoms with van der Waals surface area (Å²) in [5.74, 6) is 3.19. The van der Waals surface area contributed by atoms with E-state index in [4.69, 9.17) is 19.4 Å². The van der Waals surface area contributed by atoms with E-state index in [-0.39, 0.29) is 6.23 Å². The number of nitrogens with zero attached hydrogens (tertiary/aromatic N) is 9. The summed E-state index contributed by atoms with van der Waals surface area (Å²) in [7, 11) is 0. The fraction of sp³-hybridized carbons (Fsp3) is 0.157. The molecule has 8 N–H and O–H groups in total. The van der Waals surface area contributed by atoms with Gasteiger partial charge in [0.25, 0.3) is 6.23 Å². The van der Waals surface area contributed by atoms with Crippen molar-refractivity contribution in [3.8, 4) is 45.2 Å². The maximum atomic E-state index is 13.0. The number of benzene rings is 2. The Balaban J connectivity index is 0.647. The van der Waals surface area contributed by atoms with Gasteiger partial charge in [-0.05, 0) is 72.3 Å². The first-order valence-electron chi connectivity index (χ1n) is 23.3. The molecule has 2 saturated heterocycles. The molecular weight excluding hydrogens is 915 g/mol. The van der Waals surface area contributed by atoms with Crippen LogP contribution in [-0.4, -0.2) is 108 Å². The van der Waals surface area contributed by atoms with Crippen LogP contribution in [0, 0.1) is 0 Å². The van der Waals surface area contributed by atoms with Crippen LogP contribution in [0.15, 0.2) is 140 Å². The van der Waals surface area contributed by atoms with Crippen molar-refractivity contribution in [1.82, 2.24) is 50.3 Å². The van der Waals surface area contributed by atoms with Gasteiger partial charge in [-0.2, -0.15) is 14.8 Å². The minimum atomic E-state index is -0.425. The fourth-order valence-electron chi connectivity index (χ4n) is 8.93. The van der Waals surface area contributed by atoms with E-state index in [1.807, 2.05) is 108 Å². The first-order chi connectivity index (χ1) is 35.4. The molecule has 0 spiro atoms. The zero-order chi connectivity index (χ0) is 48.4. The highest BCUT2D eigenvalue weighted by atomic mass is 16.5. The van der Waals surface area contributed by atoms with Crippen molar-refractivity contribution in [2.45, 2.75) is 6.23 Å². The molecule has 8 aromatic heterocycles. The molecular formula is C51H46N17O4+. The van der Waals surface area contributed by atoms with Crippen molar-refractivity contribution < 1.29 is 23.6 Å². The van der Waals surface area contributed by atoms with E-state index in [1.54, 1.807) is 30.7 Å². The van der Waals surface area contributed by atoms with Gasteiger partial charge in [-0.3, -0.25) is 25.8 Å². The maximum Gasteiger partial charge on any atom is 0.324 e. The van der Waals surface area contributed by atoms with Gasteiger partial charge in [-0.1, -0.05) is 12.1 Å². The number of imidazole rings is 1. The van der Waals surface area contributed by atoms with Gasteiger partial charge in [-0.25, -0.2) is 24.5 Å². The third-order valence-electron chi connectivity index (χ3n) is 12.6. The number of morpholine rings is 2. The second-order valence-corrected chi connectivity index (χ2v) is 17.2. The molecule has 21 nitrogen and oxygen atoms in total. The number of urea groups is 2.